The smallest absolute Gasteiger partial charge is 0.254 e. The molecule has 33 heavy (non-hydrogen) atoms. The molecule has 2 amide bonds. The average Bonchev–Trinajstić information content (AvgIpc) is 2.79. The van der Waals surface area contributed by atoms with Gasteiger partial charge in [-0.15, -0.1) is 0 Å². The Morgan fingerprint density at radius 3 is 2.45 bits per heavy atom. The lowest BCUT2D eigenvalue weighted by molar-refractivity contribution is -0.116. The van der Waals surface area contributed by atoms with Crippen molar-refractivity contribution in [2.75, 3.05) is 32.1 Å². The predicted octanol–water partition coefficient (Wildman–Crippen LogP) is 2.91. The molecule has 0 aromatic heterocycles. The molecule has 8 nitrogen and oxygen atoms in total. The van der Waals surface area contributed by atoms with E-state index in [1.54, 1.807) is 0 Å². The van der Waals surface area contributed by atoms with Gasteiger partial charge in [0.05, 0.1) is 12.7 Å². The van der Waals surface area contributed by atoms with Gasteiger partial charge in [-0.05, 0) is 43.2 Å². The summed E-state index contributed by atoms with van der Waals surface area (Å²) in [5.41, 5.74) is -0.0770. The number of methoxy groups -OCH3 is 1. The minimum Gasteiger partial charge on any atom is -0.495 e. The first-order valence-electron chi connectivity index (χ1n) is 10.4. The average molecular weight is 482 g/mol. The molecule has 0 saturated carbocycles. The van der Waals surface area contributed by atoms with Gasteiger partial charge in [-0.1, -0.05) is 6.42 Å². The molecule has 2 aromatic carbocycles. The highest BCUT2D eigenvalue weighted by molar-refractivity contribution is 7.89. The number of amides is 2. The summed E-state index contributed by atoms with van der Waals surface area (Å²) in [6.45, 7) is 0.753. The normalized spacial score (nSPS) is 14.5. The minimum absolute atomic E-state index is 0.0372. The second-order valence-corrected chi connectivity index (χ2v) is 9.41. The first kappa shape index (κ1) is 24.6. The molecular formula is C22H25F2N3O5S. The van der Waals surface area contributed by atoms with E-state index in [9.17, 15) is 26.8 Å². The van der Waals surface area contributed by atoms with Crippen molar-refractivity contribution in [2.24, 2.45) is 0 Å². The molecule has 1 saturated heterocycles. The van der Waals surface area contributed by atoms with Crippen LogP contribution < -0.4 is 15.4 Å². The Labute approximate surface area is 191 Å². The number of piperidine rings is 1. The van der Waals surface area contributed by atoms with Crippen LogP contribution in [0.5, 0.6) is 5.75 Å². The number of anilines is 1. The van der Waals surface area contributed by atoms with Crippen LogP contribution in [0, 0.1) is 11.6 Å². The van der Waals surface area contributed by atoms with Gasteiger partial charge in [-0.2, -0.15) is 4.31 Å². The van der Waals surface area contributed by atoms with E-state index in [2.05, 4.69) is 10.6 Å². The third-order valence-electron chi connectivity index (χ3n) is 5.19. The fraction of sp³-hybridized carbons (Fsp3) is 0.364. The Morgan fingerprint density at radius 2 is 1.79 bits per heavy atom. The molecule has 1 aliphatic heterocycles. The number of rotatable bonds is 8. The summed E-state index contributed by atoms with van der Waals surface area (Å²) < 4.78 is 59.4. The van der Waals surface area contributed by atoms with E-state index < -0.39 is 33.5 Å². The van der Waals surface area contributed by atoms with Gasteiger partial charge < -0.3 is 15.4 Å². The molecule has 1 aliphatic rings. The Hall–Kier alpha value is -3.05. The molecule has 2 N–H and O–H groups in total. The fourth-order valence-electron chi connectivity index (χ4n) is 3.48. The third kappa shape index (κ3) is 6.05. The molecule has 0 aliphatic carbocycles. The lowest BCUT2D eigenvalue weighted by Gasteiger charge is -2.26. The van der Waals surface area contributed by atoms with Crippen LogP contribution in [0.1, 0.15) is 36.0 Å². The van der Waals surface area contributed by atoms with Crippen LogP contribution in [0.3, 0.4) is 0 Å². The van der Waals surface area contributed by atoms with Crippen molar-refractivity contribution in [1.29, 1.82) is 0 Å². The van der Waals surface area contributed by atoms with Crippen LogP contribution in [-0.4, -0.2) is 51.3 Å². The van der Waals surface area contributed by atoms with Crippen LogP contribution in [0.4, 0.5) is 14.5 Å². The Morgan fingerprint density at radius 1 is 1.06 bits per heavy atom. The monoisotopic (exact) mass is 481 g/mol. The highest BCUT2D eigenvalue weighted by Gasteiger charge is 2.29. The van der Waals surface area contributed by atoms with E-state index in [-0.39, 0.29) is 34.9 Å². The van der Waals surface area contributed by atoms with Crippen LogP contribution in [0.2, 0.25) is 0 Å². The fourth-order valence-corrected chi connectivity index (χ4v) is 5.18. The first-order valence-corrected chi connectivity index (χ1v) is 11.9. The van der Waals surface area contributed by atoms with Crippen molar-refractivity contribution in [3.63, 3.8) is 0 Å². The molecule has 11 heteroatoms. The van der Waals surface area contributed by atoms with Gasteiger partial charge >= 0.3 is 0 Å². The van der Waals surface area contributed by atoms with E-state index >= 15 is 0 Å². The molecule has 0 atom stereocenters. The van der Waals surface area contributed by atoms with Crippen LogP contribution in [-0.2, 0) is 14.8 Å². The van der Waals surface area contributed by atoms with Crippen LogP contribution >= 0.6 is 0 Å². The number of nitrogens with zero attached hydrogens (tertiary/aromatic N) is 1. The number of benzene rings is 2. The number of hydrogen-bond acceptors (Lipinski definition) is 5. The van der Waals surface area contributed by atoms with E-state index in [0.29, 0.717) is 19.2 Å². The van der Waals surface area contributed by atoms with Gasteiger partial charge in [-0.25, -0.2) is 17.2 Å². The third-order valence-corrected chi connectivity index (χ3v) is 7.11. The van der Waals surface area contributed by atoms with Crippen molar-refractivity contribution in [3.8, 4) is 5.75 Å². The van der Waals surface area contributed by atoms with Gasteiger partial charge in [0, 0.05) is 37.8 Å². The predicted molar refractivity (Wildman–Crippen MR) is 118 cm³/mol. The highest BCUT2D eigenvalue weighted by atomic mass is 32.2. The zero-order valence-corrected chi connectivity index (χ0v) is 18.9. The number of sulfonamides is 1. The van der Waals surface area contributed by atoms with Gasteiger partial charge in [0.2, 0.25) is 15.9 Å². The summed E-state index contributed by atoms with van der Waals surface area (Å²) >= 11 is 0. The zero-order valence-electron chi connectivity index (χ0n) is 18.1. The zero-order chi connectivity index (χ0) is 24.0. The number of ether oxygens (including phenoxy) is 1. The number of halogens is 2. The summed E-state index contributed by atoms with van der Waals surface area (Å²) in [5, 5.41) is 4.98. The van der Waals surface area contributed by atoms with Crippen LogP contribution in [0.15, 0.2) is 41.3 Å². The van der Waals surface area contributed by atoms with E-state index in [1.807, 2.05) is 0 Å². The van der Waals surface area contributed by atoms with Crippen LogP contribution in [0.25, 0.3) is 0 Å². The summed E-state index contributed by atoms with van der Waals surface area (Å²) in [5.74, 6) is -2.89. The lowest BCUT2D eigenvalue weighted by Crippen LogP contribution is -2.35. The SMILES string of the molecule is COc1ccc(NC(=O)CCNC(=O)c2ccc(F)cc2F)cc1S(=O)(=O)N1CCCCC1. The summed E-state index contributed by atoms with van der Waals surface area (Å²) in [6.07, 6.45) is 2.40. The van der Waals surface area contributed by atoms with E-state index in [1.165, 1.54) is 29.6 Å². The minimum atomic E-state index is -3.79. The van der Waals surface area contributed by atoms with Gasteiger partial charge in [-0.3, -0.25) is 9.59 Å². The maximum atomic E-state index is 13.7. The molecule has 178 valence electrons. The van der Waals surface area contributed by atoms with Gasteiger partial charge in [0.25, 0.3) is 5.91 Å². The molecule has 1 fully saturated rings. The summed E-state index contributed by atoms with van der Waals surface area (Å²) in [4.78, 5) is 24.2. The molecule has 2 aromatic rings. The summed E-state index contributed by atoms with van der Waals surface area (Å²) in [7, 11) is -2.42. The van der Waals surface area contributed by atoms with Crippen molar-refractivity contribution in [2.45, 2.75) is 30.6 Å². The number of nitrogens with one attached hydrogen (secondary N) is 2. The standard InChI is InChI=1S/C22H25F2N3O5S/c1-32-19-8-6-16(14-20(19)33(30,31)27-11-3-2-4-12-27)26-21(28)9-10-25-22(29)17-7-5-15(23)13-18(17)24/h5-8,13-14H,2-4,9-12H2,1H3,(H,25,29)(H,26,28). The molecule has 0 bridgehead atoms. The van der Waals surface area contributed by atoms with Crippen molar-refractivity contribution in [1.82, 2.24) is 9.62 Å². The Kier molecular flexibility index (Phi) is 7.98. The molecule has 0 unspecified atom stereocenters. The summed E-state index contributed by atoms with van der Waals surface area (Å²) in [6, 6.07) is 6.89. The quantitative estimate of drug-likeness (QED) is 0.603. The first-order chi connectivity index (χ1) is 15.7. The van der Waals surface area contributed by atoms with Crippen molar-refractivity contribution < 1.29 is 31.5 Å². The maximum absolute atomic E-state index is 13.7. The molecule has 3 rings (SSSR count). The largest absolute Gasteiger partial charge is 0.495 e. The lowest BCUT2D eigenvalue weighted by atomic mass is 10.2. The Bertz CT molecular complexity index is 1130. The highest BCUT2D eigenvalue weighted by Crippen LogP contribution is 2.31. The molecule has 0 radical (unpaired) electrons. The van der Waals surface area contributed by atoms with Gasteiger partial charge in [0.15, 0.2) is 0 Å². The maximum Gasteiger partial charge on any atom is 0.254 e. The van der Waals surface area contributed by atoms with E-state index in [4.69, 9.17) is 4.74 Å². The van der Waals surface area contributed by atoms with Gasteiger partial charge in [0.1, 0.15) is 22.3 Å². The molecule has 1 heterocycles. The second kappa shape index (κ2) is 10.7. The Balaban J connectivity index is 1.62. The number of carbonyl (C=O) groups excluding carboxylic acids is 2. The topological polar surface area (TPSA) is 105 Å². The van der Waals surface area contributed by atoms with Crippen molar-refractivity contribution in [3.05, 3.63) is 53.6 Å². The van der Waals surface area contributed by atoms with Crippen molar-refractivity contribution >= 4 is 27.5 Å². The second-order valence-electron chi connectivity index (χ2n) is 7.51. The molecular weight excluding hydrogens is 456 g/mol. The van der Waals surface area contributed by atoms with E-state index in [0.717, 1.165) is 31.4 Å². The number of hydrogen-bond donors (Lipinski definition) is 2. The number of carbonyl (C=O) groups is 2. The molecule has 0 spiro atoms.